The lowest BCUT2D eigenvalue weighted by Crippen LogP contribution is -2.22. The number of hydrogen-bond acceptors (Lipinski definition) is 4. The standard InChI is InChI=1S/C14H16N2O3/c1-14(2,18)12-6-5-11(19-12)9-16-13(17)10-4-3-7-15-8-10/h3-8,18H,9H2,1-2H3,(H,16,17). The number of furan rings is 1. The van der Waals surface area contributed by atoms with Gasteiger partial charge >= 0.3 is 0 Å². The van der Waals surface area contributed by atoms with E-state index in [2.05, 4.69) is 10.3 Å². The molecule has 0 bridgehead atoms. The van der Waals surface area contributed by atoms with Crippen molar-refractivity contribution in [2.45, 2.75) is 26.0 Å². The lowest BCUT2D eigenvalue weighted by Gasteiger charge is -2.13. The number of aromatic nitrogens is 1. The summed E-state index contributed by atoms with van der Waals surface area (Å²) in [5, 5.41) is 12.5. The monoisotopic (exact) mass is 260 g/mol. The molecule has 2 aromatic rings. The molecule has 1 amide bonds. The normalized spacial score (nSPS) is 11.3. The first-order valence-electron chi connectivity index (χ1n) is 5.96. The average Bonchev–Trinajstić information content (AvgIpc) is 2.86. The molecule has 0 aliphatic rings. The summed E-state index contributed by atoms with van der Waals surface area (Å²) in [5.41, 5.74) is -0.525. The van der Waals surface area contributed by atoms with Crippen molar-refractivity contribution >= 4 is 5.91 Å². The number of nitrogens with one attached hydrogen (secondary N) is 1. The van der Waals surface area contributed by atoms with E-state index in [4.69, 9.17) is 4.42 Å². The second kappa shape index (κ2) is 5.24. The molecule has 2 aromatic heterocycles. The van der Waals surface area contributed by atoms with E-state index in [1.165, 1.54) is 6.20 Å². The van der Waals surface area contributed by atoms with Crippen molar-refractivity contribution in [3.8, 4) is 0 Å². The number of nitrogens with zero attached hydrogens (tertiary/aromatic N) is 1. The molecule has 0 aliphatic carbocycles. The summed E-state index contributed by atoms with van der Waals surface area (Å²) in [7, 11) is 0. The van der Waals surface area contributed by atoms with Gasteiger partial charge in [0, 0.05) is 12.4 Å². The van der Waals surface area contributed by atoms with Crippen LogP contribution in [0.3, 0.4) is 0 Å². The highest BCUT2D eigenvalue weighted by atomic mass is 16.4. The molecule has 2 heterocycles. The van der Waals surface area contributed by atoms with Crippen LogP contribution >= 0.6 is 0 Å². The molecule has 5 nitrogen and oxygen atoms in total. The van der Waals surface area contributed by atoms with Gasteiger partial charge in [0.05, 0.1) is 12.1 Å². The summed E-state index contributed by atoms with van der Waals surface area (Å²) < 4.78 is 5.45. The summed E-state index contributed by atoms with van der Waals surface area (Å²) in [6.07, 6.45) is 3.11. The second-order valence-corrected chi connectivity index (χ2v) is 4.75. The zero-order valence-electron chi connectivity index (χ0n) is 10.9. The van der Waals surface area contributed by atoms with Gasteiger partial charge in [0.2, 0.25) is 0 Å². The number of aliphatic hydroxyl groups is 1. The summed E-state index contributed by atoms with van der Waals surface area (Å²) in [5.74, 6) is 0.849. The predicted molar refractivity (Wildman–Crippen MR) is 69.4 cm³/mol. The fourth-order valence-electron chi connectivity index (χ4n) is 1.57. The van der Waals surface area contributed by atoms with E-state index in [1.807, 2.05) is 0 Å². The van der Waals surface area contributed by atoms with E-state index >= 15 is 0 Å². The maximum absolute atomic E-state index is 11.8. The number of carbonyl (C=O) groups excluding carboxylic acids is 1. The van der Waals surface area contributed by atoms with Gasteiger partial charge in [-0.05, 0) is 38.1 Å². The SMILES string of the molecule is CC(C)(O)c1ccc(CNC(=O)c2cccnc2)o1. The number of hydrogen-bond donors (Lipinski definition) is 2. The molecule has 2 rings (SSSR count). The Bertz CT molecular complexity index is 556. The Labute approximate surface area is 111 Å². The predicted octanol–water partition coefficient (Wildman–Crippen LogP) is 1.83. The lowest BCUT2D eigenvalue weighted by molar-refractivity contribution is 0.0527. The molecule has 0 fully saturated rings. The topological polar surface area (TPSA) is 75.4 Å². The van der Waals surface area contributed by atoms with Crippen LogP contribution in [-0.4, -0.2) is 16.0 Å². The summed E-state index contributed by atoms with van der Waals surface area (Å²) in [4.78, 5) is 15.7. The van der Waals surface area contributed by atoms with E-state index in [0.29, 0.717) is 17.1 Å². The van der Waals surface area contributed by atoms with Crippen molar-refractivity contribution < 1.29 is 14.3 Å². The number of amides is 1. The van der Waals surface area contributed by atoms with Crippen LogP contribution in [0.4, 0.5) is 0 Å². The van der Waals surface area contributed by atoms with Crippen LogP contribution in [0.25, 0.3) is 0 Å². The number of carbonyl (C=O) groups is 1. The van der Waals surface area contributed by atoms with Gasteiger partial charge in [-0.2, -0.15) is 0 Å². The van der Waals surface area contributed by atoms with Crippen molar-refractivity contribution in [2.24, 2.45) is 0 Å². The third-order valence-corrected chi connectivity index (χ3v) is 2.61. The number of rotatable bonds is 4. The van der Waals surface area contributed by atoms with Gasteiger partial charge in [-0.1, -0.05) is 0 Å². The first kappa shape index (κ1) is 13.3. The molecule has 0 atom stereocenters. The minimum atomic E-state index is -1.02. The maximum Gasteiger partial charge on any atom is 0.253 e. The summed E-state index contributed by atoms with van der Waals surface area (Å²) >= 11 is 0. The molecule has 100 valence electrons. The quantitative estimate of drug-likeness (QED) is 0.879. The van der Waals surface area contributed by atoms with Crippen molar-refractivity contribution in [2.75, 3.05) is 0 Å². The third-order valence-electron chi connectivity index (χ3n) is 2.61. The van der Waals surface area contributed by atoms with E-state index in [9.17, 15) is 9.90 Å². The fourth-order valence-corrected chi connectivity index (χ4v) is 1.57. The highest BCUT2D eigenvalue weighted by Crippen LogP contribution is 2.21. The van der Waals surface area contributed by atoms with Gasteiger partial charge in [0.15, 0.2) is 0 Å². The highest BCUT2D eigenvalue weighted by molar-refractivity contribution is 5.93. The zero-order chi connectivity index (χ0) is 13.9. The Kier molecular flexibility index (Phi) is 3.66. The van der Waals surface area contributed by atoms with Gasteiger partial charge in [-0.3, -0.25) is 9.78 Å². The van der Waals surface area contributed by atoms with Crippen LogP contribution < -0.4 is 5.32 Å². The summed E-state index contributed by atoms with van der Waals surface area (Å²) in [6.45, 7) is 3.55. The minimum Gasteiger partial charge on any atom is -0.461 e. The Balaban J connectivity index is 1.96. The molecule has 0 aliphatic heterocycles. The van der Waals surface area contributed by atoms with Crippen LogP contribution in [0, 0.1) is 0 Å². The molecular weight excluding hydrogens is 244 g/mol. The third kappa shape index (κ3) is 3.42. The van der Waals surface area contributed by atoms with Gasteiger partial charge in [-0.15, -0.1) is 0 Å². The van der Waals surface area contributed by atoms with Crippen LogP contribution in [0.1, 0.15) is 35.7 Å². The molecule has 0 spiro atoms. The van der Waals surface area contributed by atoms with E-state index in [1.54, 1.807) is 44.3 Å². The zero-order valence-corrected chi connectivity index (χ0v) is 10.9. The van der Waals surface area contributed by atoms with E-state index < -0.39 is 5.60 Å². The molecule has 0 saturated carbocycles. The van der Waals surface area contributed by atoms with Gasteiger partial charge in [-0.25, -0.2) is 0 Å². The van der Waals surface area contributed by atoms with Crippen LogP contribution in [0.15, 0.2) is 41.1 Å². The van der Waals surface area contributed by atoms with E-state index in [0.717, 1.165) is 0 Å². The van der Waals surface area contributed by atoms with Crippen LogP contribution in [0.5, 0.6) is 0 Å². The van der Waals surface area contributed by atoms with Gasteiger partial charge in [0.25, 0.3) is 5.91 Å². The molecular formula is C14H16N2O3. The van der Waals surface area contributed by atoms with Gasteiger partial charge < -0.3 is 14.8 Å². The molecule has 0 unspecified atom stereocenters. The van der Waals surface area contributed by atoms with Gasteiger partial charge in [0.1, 0.15) is 17.1 Å². The maximum atomic E-state index is 11.8. The first-order chi connectivity index (χ1) is 8.97. The fraction of sp³-hybridized carbons (Fsp3) is 0.286. The molecule has 2 N–H and O–H groups in total. The largest absolute Gasteiger partial charge is 0.461 e. The Morgan fingerprint density at radius 3 is 2.79 bits per heavy atom. The highest BCUT2D eigenvalue weighted by Gasteiger charge is 2.20. The second-order valence-electron chi connectivity index (χ2n) is 4.75. The molecule has 19 heavy (non-hydrogen) atoms. The van der Waals surface area contributed by atoms with Crippen molar-refractivity contribution in [1.82, 2.24) is 10.3 Å². The molecule has 5 heteroatoms. The lowest BCUT2D eigenvalue weighted by atomic mass is 10.1. The average molecular weight is 260 g/mol. The Morgan fingerprint density at radius 1 is 1.42 bits per heavy atom. The van der Waals surface area contributed by atoms with Crippen LogP contribution in [-0.2, 0) is 12.1 Å². The smallest absolute Gasteiger partial charge is 0.253 e. The minimum absolute atomic E-state index is 0.214. The molecule has 0 saturated heterocycles. The Morgan fingerprint density at radius 2 is 2.21 bits per heavy atom. The summed E-state index contributed by atoms with van der Waals surface area (Å²) in [6, 6.07) is 6.82. The first-order valence-corrected chi connectivity index (χ1v) is 5.96. The molecule has 0 radical (unpaired) electrons. The Hall–Kier alpha value is -2.14. The van der Waals surface area contributed by atoms with Crippen molar-refractivity contribution in [3.05, 3.63) is 53.7 Å². The van der Waals surface area contributed by atoms with Crippen molar-refractivity contribution in [3.63, 3.8) is 0 Å². The van der Waals surface area contributed by atoms with Crippen LogP contribution in [0.2, 0.25) is 0 Å². The van der Waals surface area contributed by atoms with E-state index in [-0.39, 0.29) is 12.5 Å². The van der Waals surface area contributed by atoms with Crippen molar-refractivity contribution in [1.29, 1.82) is 0 Å². The number of pyridine rings is 1. The molecule has 0 aromatic carbocycles.